The van der Waals surface area contributed by atoms with Crippen molar-refractivity contribution in [1.82, 2.24) is 4.90 Å². The zero-order valence-electron chi connectivity index (χ0n) is 12.9. The SMILES string of the molecule is COS(=O)(=O)O[C@@H]1C[C@@H](CN=[N+]=[N-])N(C(=O)OC(C)(C)C)C1. The molecule has 1 fully saturated rings. The van der Waals surface area contributed by atoms with Crippen LogP contribution in [0.15, 0.2) is 5.11 Å². The molecule has 0 N–H and O–H groups in total. The van der Waals surface area contributed by atoms with Crippen molar-refractivity contribution in [3.8, 4) is 0 Å². The average molecular weight is 336 g/mol. The van der Waals surface area contributed by atoms with Crippen molar-refractivity contribution >= 4 is 16.5 Å². The van der Waals surface area contributed by atoms with Crippen LogP contribution < -0.4 is 0 Å². The third-order valence-electron chi connectivity index (χ3n) is 2.82. The lowest BCUT2D eigenvalue weighted by Crippen LogP contribution is -2.41. The van der Waals surface area contributed by atoms with Gasteiger partial charge in [-0.25, -0.2) is 8.98 Å². The molecule has 0 aliphatic carbocycles. The number of hydrogen-bond donors (Lipinski definition) is 0. The number of azide groups is 1. The van der Waals surface area contributed by atoms with Crippen LogP contribution in [0.2, 0.25) is 0 Å². The first kappa shape index (κ1) is 18.5. The Bertz CT molecular complexity index is 551. The predicted molar refractivity (Wildman–Crippen MR) is 76.2 cm³/mol. The van der Waals surface area contributed by atoms with E-state index in [2.05, 4.69) is 14.2 Å². The van der Waals surface area contributed by atoms with E-state index in [4.69, 9.17) is 14.5 Å². The van der Waals surface area contributed by atoms with Gasteiger partial charge >= 0.3 is 16.5 Å². The van der Waals surface area contributed by atoms with E-state index in [1.54, 1.807) is 20.8 Å². The number of ether oxygens (including phenoxy) is 1. The fourth-order valence-electron chi connectivity index (χ4n) is 2.00. The minimum absolute atomic E-state index is 0.00261. The second-order valence-electron chi connectivity index (χ2n) is 5.73. The summed E-state index contributed by atoms with van der Waals surface area (Å²) in [6, 6.07) is -0.497. The van der Waals surface area contributed by atoms with Crippen LogP contribution in [0.3, 0.4) is 0 Å². The van der Waals surface area contributed by atoms with Gasteiger partial charge in [0, 0.05) is 17.5 Å². The highest BCUT2D eigenvalue weighted by atomic mass is 32.3. The highest BCUT2D eigenvalue weighted by Crippen LogP contribution is 2.25. The Kier molecular flexibility index (Phi) is 6.00. The zero-order chi connectivity index (χ0) is 17.0. The first-order valence-electron chi connectivity index (χ1n) is 6.57. The maximum Gasteiger partial charge on any atom is 0.410 e. The molecule has 11 heteroatoms. The van der Waals surface area contributed by atoms with E-state index in [-0.39, 0.29) is 19.5 Å². The molecule has 1 aliphatic rings. The molecule has 1 rings (SSSR count). The molecule has 0 saturated carbocycles. The van der Waals surface area contributed by atoms with Crippen LogP contribution >= 0.6 is 0 Å². The van der Waals surface area contributed by atoms with Gasteiger partial charge in [0.15, 0.2) is 0 Å². The molecule has 1 aliphatic heterocycles. The first-order chi connectivity index (χ1) is 10.1. The third kappa shape index (κ3) is 5.68. The summed E-state index contributed by atoms with van der Waals surface area (Å²) in [5, 5.41) is 3.43. The Morgan fingerprint density at radius 2 is 2.09 bits per heavy atom. The summed E-state index contributed by atoms with van der Waals surface area (Å²) < 4.78 is 37.0. The van der Waals surface area contributed by atoms with Gasteiger partial charge in [-0.3, -0.25) is 4.18 Å². The molecule has 10 nitrogen and oxygen atoms in total. The molecule has 1 amide bonds. The second kappa shape index (κ2) is 7.14. The van der Waals surface area contributed by atoms with Crippen molar-refractivity contribution in [3.63, 3.8) is 0 Å². The van der Waals surface area contributed by atoms with Crippen molar-refractivity contribution in [2.75, 3.05) is 20.2 Å². The van der Waals surface area contributed by atoms with Crippen LogP contribution in [0, 0.1) is 0 Å². The maximum atomic E-state index is 12.1. The van der Waals surface area contributed by atoms with E-state index in [1.165, 1.54) is 4.90 Å². The number of rotatable bonds is 5. The van der Waals surface area contributed by atoms with Crippen molar-refractivity contribution < 1.29 is 26.3 Å². The highest BCUT2D eigenvalue weighted by molar-refractivity contribution is 7.81. The number of carbonyl (C=O) groups excluding carboxylic acids is 1. The lowest BCUT2D eigenvalue weighted by molar-refractivity contribution is 0.0216. The summed E-state index contributed by atoms with van der Waals surface area (Å²) >= 11 is 0. The normalized spacial score (nSPS) is 22.3. The molecule has 1 saturated heterocycles. The number of nitrogens with zero attached hydrogens (tertiary/aromatic N) is 4. The monoisotopic (exact) mass is 336 g/mol. The summed E-state index contributed by atoms with van der Waals surface area (Å²) in [7, 11) is -3.13. The molecule has 0 bridgehead atoms. The van der Waals surface area contributed by atoms with Crippen molar-refractivity contribution in [3.05, 3.63) is 10.4 Å². The predicted octanol–water partition coefficient (Wildman–Crippen LogP) is 1.58. The van der Waals surface area contributed by atoms with Crippen LogP contribution in [-0.4, -0.2) is 57.4 Å². The molecule has 0 spiro atoms. The molecule has 0 aromatic carbocycles. The summed E-state index contributed by atoms with van der Waals surface area (Å²) in [5.41, 5.74) is 7.71. The molecular weight excluding hydrogens is 316 g/mol. The van der Waals surface area contributed by atoms with Gasteiger partial charge in [-0.05, 0) is 32.7 Å². The number of amides is 1. The summed E-state index contributed by atoms with van der Waals surface area (Å²) in [4.78, 5) is 16.1. The number of hydrogen-bond acceptors (Lipinski definition) is 7. The molecular formula is C11H20N4O6S. The Morgan fingerprint density at radius 3 is 2.59 bits per heavy atom. The van der Waals surface area contributed by atoms with Crippen LogP contribution in [0.25, 0.3) is 10.4 Å². The Labute approximate surface area is 129 Å². The van der Waals surface area contributed by atoms with E-state index < -0.39 is 34.2 Å². The van der Waals surface area contributed by atoms with Crippen molar-refractivity contribution in [1.29, 1.82) is 0 Å². The van der Waals surface area contributed by atoms with Crippen molar-refractivity contribution in [2.45, 2.75) is 44.9 Å². The maximum absolute atomic E-state index is 12.1. The van der Waals surface area contributed by atoms with E-state index >= 15 is 0 Å². The van der Waals surface area contributed by atoms with Crippen LogP contribution in [0.1, 0.15) is 27.2 Å². The molecule has 1 heterocycles. The molecule has 0 aromatic rings. The van der Waals surface area contributed by atoms with E-state index in [1.807, 2.05) is 0 Å². The third-order valence-corrected chi connectivity index (χ3v) is 3.73. The largest absolute Gasteiger partial charge is 0.444 e. The van der Waals surface area contributed by atoms with Crippen molar-refractivity contribution in [2.24, 2.45) is 5.11 Å². The van der Waals surface area contributed by atoms with Gasteiger partial charge in [0.2, 0.25) is 0 Å². The first-order valence-corrected chi connectivity index (χ1v) is 7.90. The fraction of sp³-hybridized carbons (Fsp3) is 0.909. The molecule has 0 aromatic heterocycles. The van der Waals surface area contributed by atoms with Gasteiger partial charge in [0.1, 0.15) is 5.60 Å². The minimum atomic E-state index is -4.11. The summed E-state index contributed by atoms with van der Waals surface area (Å²) in [6.45, 7) is 5.15. The summed E-state index contributed by atoms with van der Waals surface area (Å²) in [5.74, 6) is 0. The lowest BCUT2D eigenvalue weighted by Gasteiger charge is -2.27. The average Bonchev–Trinajstić information content (AvgIpc) is 2.76. The van der Waals surface area contributed by atoms with E-state index in [0.717, 1.165) is 7.11 Å². The van der Waals surface area contributed by atoms with E-state index in [0.29, 0.717) is 0 Å². The number of carbonyl (C=O) groups is 1. The number of likely N-dealkylation sites (tertiary alicyclic amines) is 1. The second-order valence-corrected chi connectivity index (χ2v) is 7.07. The van der Waals surface area contributed by atoms with Crippen LogP contribution in [0.4, 0.5) is 4.79 Å². The quantitative estimate of drug-likeness (QED) is 0.425. The molecule has 0 unspecified atom stereocenters. The van der Waals surface area contributed by atoms with Gasteiger partial charge < -0.3 is 9.64 Å². The molecule has 126 valence electrons. The smallest absolute Gasteiger partial charge is 0.410 e. The standard InChI is InChI=1S/C11H20N4O6S/c1-11(2,3)20-10(16)15-7-9(21-22(17,18)19-4)5-8(15)6-13-14-12/h8-9H,5-7H2,1-4H3/t8-,9+/m0/s1. The highest BCUT2D eigenvalue weighted by Gasteiger charge is 2.39. The molecule has 0 radical (unpaired) electrons. The Hall–Kier alpha value is -1.55. The topological polar surface area (TPSA) is 131 Å². The van der Waals surface area contributed by atoms with Gasteiger partial charge in [0.25, 0.3) is 0 Å². The van der Waals surface area contributed by atoms with Gasteiger partial charge in [0.05, 0.1) is 19.8 Å². The molecule has 2 atom stereocenters. The fourth-order valence-corrected chi connectivity index (χ4v) is 2.55. The van der Waals surface area contributed by atoms with Gasteiger partial charge in [-0.1, -0.05) is 5.11 Å². The Balaban J connectivity index is 2.83. The minimum Gasteiger partial charge on any atom is -0.444 e. The zero-order valence-corrected chi connectivity index (χ0v) is 13.7. The Morgan fingerprint density at radius 1 is 1.45 bits per heavy atom. The van der Waals surface area contributed by atoms with E-state index in [9.17, 15) is 13.2 Å². The van der Waals surface area contributed by atoms with Crippen LogP contribution in [-0.2, 0) is 23.5 Å². The molecule has 22 heavy (non-hydrogen) atoms. The lowest BCUT2D eigenvalue weighted by atomic mass is 10.2. The summed E-state index contributed by atoms with van der Waals surface area (Å²) in [6.07, 6.45) is -1.20. The van der Waals surface area contributed by atoms with Crippen LogP contribution in [0.5, 0.6) is 0 Å². The van der Waals surface area contributed by atoms with Gasteiger partial charge in [-0.2, -0.15) is 8.42 Å². The van der Waals surface area contributed by atoms with Gasteiger partial charge in [-0.15, -0.1) is 0 Å².